The Bertz CT molecular complexity index is 521. The van der Waals surface area contributed by atoms with E-state index in [9.17, 15) is 14.7 Å². The second-order valence-corrected chi connectivity index (χ2v) is 6.70. The van der Waals surface area contributed by atoms with Crippen LogP contribution in [0.15, 0.2) is 5.38 Å². The maximum Gasteiger partial charge on any atom is 0.329 e. The van der Waals surface area contributed by atoms with Crippen LogP contribution in [-0.4, -0.2) is 27.6 Å². The Hall–Kier alpha value is -1.63. The van der Waals surface area contributed by atoms with E-state index in [-0.39, 0.29) is 0 Å². The summed E-state index contributed by atoms with van der Waals surface area (Å²) in [5.41, 5.74) is -0.212. The number of nitrogens with zero attached hydrogens (tertiary/aromatic N) is 1. The molecule has 0 aromatic carbocycles. The lowest BCUT2D eigenvalue weighted by Crippen LogP contribution is -2.58. The first-order valence-corrected chi connectivity index (χ1v) is 8.00. The third-order valence-corrected chi connectivity index (χ3v) is 4.92. The fourth-order valence-corrected chi connectivity index (χ4v) is 3.26. The van der Waals surface area contributed by atoms with Crippen molar-refractivity contribution < 1.29 is 14.7 Å². The van der Waals surface area contributed by atoms with E-state index < -0.39 is 17.5 Å². The number of carbonyl (C=O) groups excluding carboxylic acids is 1. The van der Waals surface area contributed by atoms with Crippen molar-refractivity contribution in [1.82, 2.24) is 15.6 Å². The molecule has 0 bridgehead atoms. The molecule has 0 saturated heterocycles. The number of carbonyl (C=O) groups is 2. The normalized spacial score (nSPS) is 25.3. The highest BCUT2D eigenvalue weighted by Crippen LogP contribution is 2.32. The predicted molar refractivity (Wildman–Crippen MR) is 80.2 cm³/mol. The van der Waals surface area contributed by atoms with Crippen LogP contribution < -0.4 is 10.6 Å². The summed E-state index contributed by atoms with van der Waals surface area (Å²) in [6, 6.07) is -0.445. The van der Waals surface area contributed by atoms with Gasteiger partial charge in [0.2, 0.25) is 0 Å². The van der Waals surface area contributed by atoms with Crippen LogP contribution in [0.4, 0.5) is 4.79 Å². The minimum absolute atomic E-state index is 0.316. The van der Waals surface area contributed by atoms with E-state index in [2.05, 4.69) is 22.5 Å². The highest BCUT2D eigenvalue weighted by molar-refractivity contribution is 7.09. The summed E-state index contributed by atoms with van der Waals surface area (Å²) in [5, 5.41) is 17.5. The third-order valence-electron chi connectivity index (χ3n) is 3.96. The lowest BCUT2D eigenvalue weighted by atomic mass is 9.77. The van der Waals surface area contributed by atoms with Crippen molar-refractivity contribution in [2.45, 2.75) is 51.6 Å². The molecule has 1 fully saturated rings. The SMILES string of the molecule is Cc1csc(CNC(=O)NC2(C(=O)O)CCC(C)CC2)n1. The van der Waals surface area contributed by atoms with Gasteiger partial charge in [0.05, 0.1) is 6.54 Å². The predicted octanol–water partition coefficient (Wildman–Crippen LogP) is 2.28. The maximum atomic E-state index is 12.0. The zero-order chi connectivity index (χ0) is 15.5. The van der Waals surface area contributed by atoms with Gasteiger partial charge in [0.15, 0.2) is 0 Å². The van der Waals surface area contributed by atoms with Gasteiger partial charge in [0.25, 0.3) is 0 Å². The number of rotatable bonds is 4. The minimum Gasteiger partial charge on any atom is -0.480 e. The van der Waals surface area contributed by atoms with Gasteiger partial charge in [-0.05, 0) is 38.5 Å². The van der Waals surface area contributed by atoms with Crippen molar-refractivity contribution in [3.63, 3.8) is 0 Å². The second kappa shape index (κ2) is 6.43. The Kier molecular flexibility index (Phi) is 4.82. The number of amides is 2. The van der Waals surface area contributed by atoms with Crippen LogP contribution in [0, 0.1) is 12.8 Å². The number of aryl methyl sites for hydroxylation is 1. The molecule has 3 N–H and O–H groups in total. The average Bonchev–Trinajstić information content (AvgIpc) is 2.85. The molecular formula is C14H21N3O3S. The molecule has 1 heterocycles. The fraction of sp³-hybridized carbons (Fsp3) is 0.643. The molecule has 0 spiro atoms. The minimum atomic E-state index is -1.13. The van der Waals surface area contributed by atoms with Gasteiger partial charge in [-0.2, -0.15) is 0 Å². The van der Waals surface area contributed by atoms with Gasteiger partial charge in [-0.1, -0.05) is 6.92 Å². The van der Waals surface area contributed by atoms with Crippen LogP contribution in [-0.2, 0) is 11.3 Å². The van der Waals surface area contributed by atoms with Gasteiger partial charge in [-0.25, -0.2) is 14.6 Å². The van der Waals surface area contributed by atoms with Crippen LogP contribution in [0.2, 0.25) is 0 Å². The van der Waals surface area contributed by atoms with Crippen molar-refractivity contribution >= 4 is 23.3 Å². The zero-order valence-electron chi connectivity index (χ0n) is 12.3. The fourth-order valence-electron chi connectivity index (χ4n) is 2.55. The molecule has 0 atom stereocenters. The smallest absolute Gasteiger partial charge is 0.329 e. The first-order chi connectivity index (χ1) is 9.91. The topological polar surface area (TPSA) is 91.3 Å². The summed E-state index contributed by atoms with van der Waals surface area (Å²) in [4.78, 5) is 27.8. The van der Waals surface area contributed by atoms with Gasteiger partial charge in [0.1, 0.15) is 10.5 Å². The Morgan fingerprint density at radius 1 is 1.48 bits per heavy atom. The molecule has 2 rings (SSSR count). The lowest BCUT2D eigenvalue weighted by molar-refractivity contribution is -0.146. The molecule has 1 aliphatic carbocycles. The number of aliphatic carboxylic acids is 1. The first kappa shape index (κ1) is 15.8. The van der Waals surface area contributed by atoms with Crippen molar-refractivity contribution in [2.75, 3.05) is 0 Å². The molecule has 116 valence electrons. The largest absolute Gasteiger partial charge is 0.480 e. The Morgan fingerprint density at radius 2 is 2.14 bits per heavy atom. The number of hydrogen-bond acceptors (Lipinski definition) is 4. The van der Waals surface area contributed by atoms with Crippen LogP contribution in [0.5, 0.6) is 0 Å². The van der Waals surface area contributed by atoms with Gasteiger partial charge in [0, 0.05) is 11.1 Å². The number of thiazole rings is 1. The van der Waals surface area contributed by atoms with Crippen molar-refractivity contribution in [3.05, 3.63) is 16.1 Å². The van der Waals surface area contributed by atoms with E-state index in [0.29, 0.717) is 25.3 Å². The highest BCUT2D eigenvalue weighted by atomic mass is 32.1. The average molecular weight is 311 g/mol. The van der Waals surface area contributed by atoms with Crippen molar-refractivity contribution in [2.24, 2.45) is 5.92 Å². The molecule has 1 aliphatic rings. The quantitative estimate of drug-likeness (QED) is 0.795. The van der Waals surface area contributed by atoms with Crippen LogP contribution in [0.25, 0.3) is 0 Å². The standard InChI is InChI=1S/C14H21N3O3S/c1-9-3-5-14(6-4-9,12(18)19)17-13(20)15-7-11-16-10(2)8-21-11/h8-9H,3-7H2,1-2H3,(H,18,19)(H2,15,17,20). The number of aromatic nitrogens is 1. The Balaban J connectivity index is 1.91. The number of nitrogens with one attached hydrogen (secondary N) is 2. The molecule has 2 amide bonds. The number of urea groups is 1. The molecule has 1 saturated carbocycles. The lowest BCUT2D eigenvalue weighted by Gasteiger charge is -2.36. The van der Waals surface area contributed by atoms with E-state index in [4.69, 9.17) is 0 Å². The molecule has 1 aromatic heterocycles. The monoisotopic (exact) mass is 311 g/mol. The summed E-state index contributed by atoms with van der Waals surface area (Å²) >= 11 is 1.47. The third kappa shape index (κ3) is 3.93. The molecule has 0 aliphatic heterocycles. The van der Waals surface area contributed by atoms with Crippen LogP contribution in [0.1, 0.15) is 43.3 Å². The van der Waals surface area contributed by atoms with Crippen LogP contribution in [0.3, 0.4) is 0 Å². The Morgan fingerprint density at radius 3 is 2.67 bits per heavy atom. The summed E-state index contributed by atoms with van der Waals surface area (Å²) in [5.74, 6) is -0.435. The van der Waals surface area contributed by atoms with E-state index >= 15 is 0 Å². The van der Waals surface area contributed by atoms with Crippen molar-refractivity contribution in [3.8, 4) is 0 Å². The Labute approximate surface area is 128 Å². The van der Waals surface area contributed by atoms with Gasteiger partial charge < -0.3 is 15.7 Å². The van der Waals surface area contributed by atoms with Gasteiger partial charge in [-0.15, -0.1) is 11.3 Å². The van der Waals surface area contributed by atoms with Crippen LogP contribution >= 0.6 is 11.3 Å². The number of carboxylic acids is 1. The second-order valence-electron chi connectivity index (χ2n) is 5.76. The van der Waals surface area contributed by atoms with E-state index in [1.54, 1.807) is 0 Å². The zero-order valence-corrected chi connectivity index (χ0v) is 13.1. The molecular weight excluding hydrogens is 290 g/mol. The van der Waals surface area contributed by atoms with E-state index in [1.165, 1.54) is 11.3 Å². The van der Waals surface area contributed by atoms with Crippen molar-refractivity contribution in [1.29, 1.82) is 0 Å². The molecule has 21 heavy (non-hydrogen) atoms. The van der Waals surface area contributed by atoms with Gasteiger partial charge in [-0.3, -0.25) is 0 Å². The summed E-state index contributed by atoms with van der Waals surface area (Å²) in [6.45, 7) is 4.32. The molecule has 0 radical (unpaired) electrons. The van der Waals surface area contributed by atoms with E-state index in [0.717, 1.165) is 23.5 Å². The molecule has 1 aromatic rings. The summed E-state index contributed by atoms with van der Waals surface area (Å²) in [6.07, 6.45) is 2.59. The summed E-state index contributed by atoms with van der Waals surface area (Å²) in [7, 11) is 0. The maximum absolute atomic E-state index is 12.0. The molecule has 6 nitrogen and oxygen atoms in total. The summed E-state index contributed by atoms with van der Waals surface area (Å²) < 4.78 is 0. The van der Waals surface area contributed by atoms with E-state index in [1.807, 2.05) is 12.3 Å². The number of hydrogen-bond donors (Lipinski definition) is 3. The highest BCUT2D eigenvalue weighted by Gasteiger charge is 2.42. The van der Waals surface area contributed by atoms with Gasteiger partial charge >= 0.3 is 12.0 Å². The molecule has 0 unspecified atom stereocenters. The molecule has 7 heteroatoms. The first-order valence-electron chi connectivity index (χ1n) is 7.12. The number of carboxylic acid groups (broad SMARTS) is 1.